The Morgan fingerprint density at radius 3 is 2.62 bits per heavy atom. The van der Waals surface area contributed by atoms with Crippen molar-refractivity contribution in [2.75, 3.05) is 5.73 Å². The Hall–Kier alpha value is -2.55. The predicted octanol–water partition coefficient (Wildman–Crippen LogP) is -0.0565. The van der Waals surface area contributed by atoms with Crippen molar-refractivity contribution in [2.24, 2.45) is 0 Å². The Morgan fingerprint density at radius 2 is 2.00 bits per heavy atom. The molecule has 16 heavy (non-hydrogen) atoms. The third-order valence-corrected chi connectivity index (χ3v) is 1.76. The van der Waals surface area contributed by atoms with Crippen LogP contribution in [0.3, 0.4) is 0 Å². The number of nitrogens with zero attached hydrogens (tertiary/aromatic N) is 1. The summed E-state index contributed by atoms with van der Waals surface area (Å²) in [4.78, 5) is 22.4. The molecule has 82 valence electrons. The average molecular weight is 218 g/mol. The molecule has 0 bridgehead atoms. The van der Waals surface area contributed by atoms with Gasteiger partial charge < -0.3 is 5.73 Å². The number of carbonyl (C=O) groups excluding carboxylic acids is 2. The van der Waals surface area contributed by atoms with Crippen LogP contribution in [0.25, 0.3) is 0 Å². The molecular formula is C10H10N4O2. The van der Waals surface area contributed by atoms with Crippen molar-refractivity contribution >= 4 is 17.5 Å². The molecule has 0 unspecified atom stereocenters. The van der Waals surface area contributed by atoms with Crippen molar-refractivity contribution in [1.29, 1.82) is 5.26 Å². The van der Waals surface area contributed by atoms with Crippen LogP contribution in [-0.4, -0.2) is 11.8 Å². The molecule has 6 heteroatoms. The van der Waals surface area contributed by atoms with Crippen molar-refractivity contribution in [1.82, 2.24) is 10.9 Å². The third-order valence-electron chi connectivity index (χ3n) is 1.76. The van der Waals surface area contributed by atoms with Crippen molar-refractivity contribution in [3.63, 3.8) is 0 Å². The monoisotopic (exact) mass is 218 g/mol. The van der Waals surface area contributed by atoms with E-state index in [0.717, 1.165) is 0 Å². The average Bonchev–Trinajstić information content (AvgIpc) is 2.27. The number of anilines is 1. The second-order valence-corrected chi connectivity index (χ2v) is 2.92. The van der Waals surface area contributed by atoms with Gasteiger partial charge in [0.25, 0.3) is 11.8 Å². The zero-order chi connectivity index (χ0) is 12.0. The molecule has 0 aromatic heterocycles. The SMILES string of the molecule is N#CCC(=O)NNC(=O)c1ccccc1N. The van der Waals surface area contributed by atoms with Gasteiger partial charge in [-0.25, -0.2) is 0 Å². The van der Waals surface area contributed by atoms with Gasteiger partial charge in [0.05, 0.1) is 11.6 Å². The lowest BCUT2D eigenvalue weighted by Gasteiger charge is -2.07. The molecule has 0 fully saturated rings. The van der Waals surface area contributed by atoms with E-state index in [9.17, 15) is 9.59 Å². The quantitative estimate of drug-likeness (QED) is 0.477. The number of benzene rings is 1. The topological polar surface area (TPSA) is 108 Å². The van der Waals surface area contributed by atoms with E-state index in [1.54, 1.807) is 24.3 Å². The largest absolute Gasteiger partial charge is 0.398 e. The lowest BCUT2D eigenvalue weighted by Crippen LogP contribution is -2.41. The van der Waals surface area contributed by atoms with Gasteiger partial charge in [-0.05, 0) is 12.1 Å². The van der Waals surface area contributed by atoms with Gasteiger partial charge in [-0.15, -0.1) is 0 Å². The number of para-hydroxylation sites is 1. The molecule has 0 heterocycles. The van der Waals surface area contributed by atoms with Crippen LogP contribution in [-0.2, 0) is 4.79 Å². The molecular weight excluding hydrogens is 208 g/mol. The number of amides is 2. The van der Waals surface area contributed by atoms with Gasteiger partial charge in [-0.1, -0.05) is 12.1 Å². The number of hydrazine groups is 1. The Kier molecular flexibility index (Phi) is 3.86. The van der Waals surface area contributed by atoms with Gasteiger partial charge in [0.1, 0.15) is 6.42 Å². The fourth-order valence-electron chi connectivity index (χ4n) is 1.01. The van der Waals surface area contributed by atoms with Gasteiger partial charge in [0, 0.05) is 5.69 Å². The molecule has 1 aromatic rings. The number of rotatable bonds is 2. The molecule has 0 radical (unpaired) electrons. The minimum Gasteiger partial charge on any atom is -0.398 e. The van der Waals surface area contributed by atoms with Crippen LogP contribution in [0.2, 0.25) is 0 Å². The van der Waals surface area contributed by atoms with Gasteiger partial charge in [0.15, 0.2) is 0 Å². The molecule has 0 atom stereocenters. The lowest BCUT2D eigenvalue weighted by atomic mass is 10.2. The summed E-state index contributed by atoms with van der Waals surface area (Å²) in [5.41, 5.74) is 10.4. The highest BCUT2D eigenvalue weighted by Crippen LogP contribution is 2.09. The molecule has 1 rings (SSSR count). The van der Waals surface area contributed by atoms with Gasteiger partial charge in [-0.2, -0.15) is 5.26 Å². The molecule has 2 amide bonds. The normalized spacial score (nSPS) is 8.94. The molecule has 0 aliphatic heterocycles. The van der Waals surface area contributed by atoms with Crippen LogP contribution in [0.15, 0.2) is 24.3 Å². The Bertz CT molecular complexity index is 450. The Morgan fingerprint density at radius 1 is 1.31 bits per heavy atom. The summed E-state index contributed by atoms with van der Waals surface area (Å²) in [6.07, 6.45) is -0.315. The number of carbonyl (C=O) groups is 2. The lowest BCUT2D eigenvalue weighted by molar-refractivity contribution is -0.120. The number of hydrogen-bond acceptors (Lipinski definition) is 4. The predicted molar refractivity (Wildman–Crippen MR) is 56.7 cm³/mol. The minimum atomic E-state index is -0.578. The van der Waals surface area contributed by atoms with Gasteiger partial charge in [-0.3, -0.25) is 20.4 Å². The highest BCUT2D eigenvalue weighted by atomic mass is 16.2. The van der Waals surface area contributed by atoms with E-state index in [0.29, 0.717) is 5.69 Å². The maximum absolute atomic E-state index is 11.5. The van der Waals surface area contributed by atoms with E-state index < -0.39 is 11.8 Å². The highest BCUT2D eigenvalue weighted by molar-refractivity contribution is 5.99. The summed E-state index contributed by atoms with van der Waals surface area (Å²) in [5, 5.41) is 8.22. The molecule has 0 saturated heterocycles. The Labute approximate surface area is 92.0 Å². The van der Waals surface area contributed by atoms with Crippen LogP contribution in [0.1, 0.15) is 16.8 Å². The zero-order valence-corrected chi connectivity index (χ0v) is 8.36. The van der Waals surface area contributed by atoms with Crippen LogP contribution >= 0.6 is 0 Å². The summed E-state index contributed by atoms with van der Waals surface area (Å²) >= 11 is 0. The fraction of sp³-hybridized carbons (Fsp3) is 0.100. The van der Waals surface area contributed by atoms with Gasteiger partial charge >= 0.3 is 0 Å². The number of nitrogens with one attached hydrogen (secondary N) is 2. The summed E-state index contributed by atoms with van der Waals surface area (Å²) in [5.74, 6) is -1.10. The second kappa shape index (κ2) is 5.36. The van der Waals surface area contributed by atoms with E-state index in [4.69, 9.17) is 11.0 Å². The van der Waals surface area contributed by atoms with Crippen LogP contribution in [0, 0.1) is 11.3 Å². The first-order valence-electron chi connectivity index (χ1n) is 4.45. The number of nitrogens with two attached hydrogens (primary N) is 1. The summed E-state index contributed by atoms with van der Waals surface area (Å²) in [6, 6.07) is 8.11. The number of nitrogen functional groups attached to an aromatic ring is 1. The molecule has 4 N–H and O–H groups in total. The molecule has 0 spiro atoms. The summed E-state index contributed by atoms with van der Waals surface area (Å²) in [7, 11) is 0. The van der Waals surface area contributed by atoms with E-state index in [2.05, 4.69) is 10.9 Å². The van der Waals surface area contributed by atoms with Crippen LogP contribution < -0.4 is 16.6 Å². The molecule has 0 aliphatic carbocycles. The summed E-state index contributed by atoms with van der Waals surface area (Å²) < 4.78 is 0. The van der Waals surface area contributed by atoms with Crippen molar-refractivity contribution < 1.29 is 9.59 Å². The molecule has 0 aliphatic rings. The van der Waals surface area contributed by atoms with E-state index in [1.807, 2.05) is 0 Å². The first-order valence-corrected chi connectivity index (χ1v) is 4.45. The smallest absolute Gasteiger partial charge is 0.271 e. The maximum atomic E-state index is 11.5. The van der Waals surface area contributed by atoms with Crippen molar-refractivity contribution in [3.05, 3.63) is 29.8 Å². The fourth-order valence-corrected chi connectivity index (χ4v) is 1.01. The number of hydrogen-bond donors (Lipinski definition) is 3. The molecule has 6 nitrogen and oxygen atoms in total. The van der Waals surface area contributed by atoms with E-state index in [1.165, 1.54) is 6.07 Å². The molecule has 0 saturated carbocycles. The second-order valence-electron chi connectivity index (χ2n) is 2.92. The zero-order valence-electron chi connectivity index (χ0n) is 8.36. The van der Waals surface area contributed by atoms with Gasteiger partial charge in [0.2, 0.25) is 0 Å². The molecule has 1 aromatic carbocycles. The van der Waals surface area contributed by atoms with Crippen molar-refractivity contribution in [2.45, 2.75) is 6.42 Å². The standard InChI is InChI=1S/C10H10N4O2/c11-6-5-9(15)13-14-10(16)7-3-1-2-4-8(7)12/h1-4H,5,12H2,(H,13,15)(H,14,16). The third kappa shape index (κ3) is 2.99. The first-order chi connectivity index (χ1) is 7.65. The highest BCUT2D eigenvalue weighted by Gasteiger charge is 2.09. The minimum absolute atomic E-state index is 0.264. The number of nitriles is 1. The summed E-state index contributed by atoms with van der Waals surface area (Å²) in [6.45, 7) is 0. The van der Waals surface area contributed by atoms with E-state index in [-0.39, 0.29) is 12.0 Å². The van der Waals surface area contributed by atoms with Crippen LogP contribution in [0.5, 0.6) is 0 Å². The maximum Gasteiger partial charge on any atom is 0.271 e. The first kappa shape index (κ1) is 11.5. The van der Waals surface area contributed by atoms with Crippen LogP contribution in [0.4, 0.5) is 5.69 Å². The van der Waals surface area contributed by atoms with Crippen molar-refractivity contribution in [3.8, 4) is 6.07 Å². The Balaban J connectivity index is 2.58. The van der Waals surface area contributed by atoms with E-state index >= 15 is 0 Å².